The van der Waals surface area contributed by atoms with E-state index in [1.165, 1.54) is 7.11 Å². The number of methoxy groups -OCH3 is 1. The third kappa shape index (κ3) is 3.88. The number of hydrogen-bond acceptors (Lipinski definition) is 6. The van der Waals surface area contributed by atoms with Gasteiger partial charge in [0.05, 0.1) is 12.7 Å². The highest BCUT2D eigenvalue weighted by Crippen LogP contribution is 2.34. The van der Waals surface area contributed by atoms with Crippen molar-refractivity contribution in [3.05, 3.63) is 54.2 Å². The molecule has 0 aliphatic carbocycles. The molecule has 0 amide bonds. The lowest BCUT2D eigenvalue weighted by Gasteiger charge is -2.17. The van der Waals surface area contributed by atoms with Crippen LogP contribution >= 0.6 is 0 Å². The lowest BCUT2D eigenvalue weighted by Crippen LogP contribution is -2.16. The van der Waals surface area contributed by atoms with Gasteiger partial charge in [0.2, 0.25) is 0 Å². The molecule has 7 heteroatoms. The fourth-order valence-corrected chi connectivity index (χ4v) is 2.90. The molecule has 3 rings (SSSR count). The van der Waals surface area contributed by atoms with Crippen LogP contribution in [0.1, 0.15) is 10.4 Å². The van der Waals surface area contributed by atoms with Gasteiger partial charge in [-0.05, 0) is 35.2 Å². The first kappa shape index (κ1) is 19.2. The number of aromatic nitrogens is 1. The van der Waals surface area contributed by atoms with Gasteiger partial charge in [0, 0.05) is 36.9 Å². The predicted octanol–water partition coefficient (Wildman–Crippen LogP) is 3.25. The zero-order valence-electron chi connectivity index (χ0n) is 15.9. The second-order valence-corrected chi connectivity index (χ2v) is 6.46. The van der Waals surface area contributed by atoms with Crippen LogP contribution in [0.5, 0.6) is 0 Å². The fraction of sp³-hybridized carbons (Fsp3) is 0.190. The van der Waals surface area contributed by atoms with Crippen LogP contribution in [0.2, 0.25) is 0 Å². The molecule has 0 fully saturated rings. The molecule has 1 heterocycles. The van der Waals surface area contributed by atoms with Gasteiger partial charge in [-0.3, -0.25) is 4.79 Å². The average molecular weight is 379 g/mol. The Kier molecular flexibility index (Phi) is 5.44. The number of benzene rings is 2. The molecule has 0 saturated carbocycles. The Labute approximate surface area is 162 Å². The topological polar surface area (TPSA) is 91.8 Å². The van der Waals surface area contributed by atoms with Crippen molar-refractivity contribution in [2.45, 2.75) is 0 Å². The number of rotatable bonds is 6. The molecule has 0 saturated heterocycles. The summed E-state index contributed by atoms with van der Waals surface area (Å²) in [7, 11) is 5.23. The first-order chi connectivity index (χ1) is 13.4. The van der Waals surface area contributed by atoms with E-state index in [4.69, 9.17) is 5.11 Å². The normalized spacial score (nSPS) is 10.5. The number of nitrogens with one attached hydrogen (secondary N) is 1. The number of esters is 1. The van der Waals surface area contributed by atoms with E-state index in [1.54, 1.807) is 30.5 Å². The molecular formula is C21H21N3O4. The summed E-state index contributed by atoms with van der Waals surface area (Å²) in [6, 6.07) is 12.7. The molecule has 144 valence electrons. The van der Waals surface area contributed by atoms with Crippen molar-refractivity contribution in [1.82, 2.24) is 4.98 Å². The van der Waals surface area contributed by atoms with E-state index in [0.717, 1.165) is 27.6 Å². The molecule has 1 aromatic heterocycles. The minimum atomic E-state index is -0.965. The molecule has 0 bridgehead atoms. The van der Waals surface area contributed by atoms with Gasteiger partial charge < -0.3 is 20.1 Å². The number of ether oxygens (including phenoxy) is 1. The number of hydrogen-bond donors (Lipinski definition) is 2. The Morgan fingerprint density at radius 2 is 1.82 bits per heavy atom. The third-order valence-corrected chi connectivity index (χ3v) is 4.46. The summed E-state index contributed by atoms with van der Waals surface area (Å²) in [6.45, 7) is 0.0114. The minimum absolute atomic E-state index is 0.0114. The summed E-state index contributed by atoms with van der Waals surface area (Å²) in [6.07, 6.45) is 1.72. The van der Waals surface area contributed by atoms with Crippen molar-refractivity contribution in [3.63, 3.8) is 0 Å². The molecule has 3 aromatic rings. The number of aromatic carboxylic acids is 1. The third-order valence-electron chi connectivity index (χ3n) is 4.46. The highest BCUT2D eigenvalue weighted by Gasteiger charge is 2.13. The second kappa shape index (κ2) is 7.96. The van der Waals surface area contributed by atoms with Gasteiger partial charge in [0.1, 0.15) is 12.4 Å². The zero-order valence-corrected chi connectivity index (χ0v) is 15.9. The number of carbonyl (C=O) groups is 2. The average Bonchev–Trinajstić information content (AvgIpc) is 2.71. The van der Waals surface area contributed by atoms with E-state index >= 15 is 0 Å². The van der Waals surface area contributed by atoms with Crippen LogP contribution in [-0.2, 0) is 9.53 Å². The Hall–Kier alpha value is -3.61. The van der Waals surface area contributed by atoms with E-state index in [9.17, 15) is 9.59 Å². The van der Waals surface area contributed by atoms with Crippen molar-refractivity contribution < 1.29 is 19.4 Å². The van der Waals surface area contributed by atoms with Crippen molar-refractivity contribution >= 4 is 34.2 Å². The van der Waals surface area contributed by atoms with E-state index in [0.29, 0.717) is 5.82 Å². The number of carbonyl (C=O) groups excluding carboxylic acids is 1. The predicted molar refractivity (Wildman–Crippen MR) is 109 cm³/mol. The van der Waals surface area contributed by atoms with Gasteiger partial charge >= 0.3 is 11.9 Å². The second-order valence-electron chi connectivity index (χ2n) is 6.46. The van der Waals surface area contributed by atoms with Crippen LogP contribution < -0.4 is 10.2 Å². The zero-order chi connectivity index (χ0) is 20.3. The van der Waals surface area contributed by atoms with Crippen molar-refractivity contribution in [2.75, 3.05) is 38.0 Å². The molecule has 7 nitrogen and oxygen atoms in total. The highest BCUT2D eigenvalue weighted by atomic mass is 16.5. The quantitative estimate of drug-likeness (QED) is 0.635. The van der Waals surface area contributed by atoms with E-state index in [-0.39, 0.29) is 18.1 Å². The van der Waals surface area contributed by atoms with Crippen LogP contribution in [0.15, 0.2) is 48.7 Å². The molecule has 28 heavy (non-hydrogen) atoms. The van der Waals surface area contributed by atoms with Crippen molar-refractivity contribution in [3.8, 4) is 11.1 Å². The van der Waals surface area contributed by atoms with Gasteiger partial charge in [0.25, 0.3) is 0 Å². The summed E-state index contributed by atoms with van der Waals surface area (Å²) < 4.78 is 4.68. The number of carboxylic acid groups (broad SMARTS) is 1. The van der Waals surface area contributed by atoms with Gasteiger partial charge in [-0.2, -0.15) is 0 Å². The smallest absolute Gasteiger partial charge is 0.335 e. The fourth-order valence-electron chi connectivity index (χ4n) is 2.90. The van der Waals surface area contributed by atoms with Gasteiger partial charge in [-0.25, -0.2) is 9.78 Å². The number of anilines is 2. The first-order valence-corrected chi connectivity index (χ1v) is 8.65. The summed E-state index contributed by atoms with van der Waals surface area (Å²) in [5.41, 5.74) is 2.96. The molecule has 2 N–H and O–H groups in total. The van der Waals surface area contributed by atoms with Crippen LogP contribution in [0.4, 0.5) is 11.5 Å². The van der Waals surface area contributed by atoms with Crippen LogP contribution in [0.3, 0.4) is 0 Å². The summed E-state index contributed by atoms with van der Waals surface area (Å²) >= 11 is 0. The van der Waals surface area contributed by atoms with Crippen molar-refractivity contribution in [1.29, 1.82) is 0 Å². The van der Waals surface area contributed by atoms with Gasteiger partial charge in [0.15, 0.2) is 0 Å². The molecule has 0 spiro atoms. The van der Waals surface area contributed by atoms with E-state index in [2.05, 4.69) is 15.0 Å². The highest BCUT2D eigenvalue weighted by molar-refractivity contribution is 6.03. The maximum Gasteiger partial charge on any atom is 0.335 e. The van der Waals surface area contributed by atoms with Crippen LogP contribution in [-0.4, -0.2) is 49.8 Å². The number of pyridine rings is 1. The standard InChI is InChI=1S/C21H21N3O4/c1-24(2)15-8-9-16-17(10-15)20(23-12-19(25)28-3)22-11-18(16)13-4-6-14(7-5-13)21(26)27/h4-11H,12H2,1-3H3,(H,22,23)(H,26,27). The van der Waals surface area contributed by atoms with Gasteiger partial charge in [-0.1, -0.05) is 18.2 Å². The Balaban J connectivity index is 2.11. The SMILES string of the molecule is COC(=O)CNc1ncc(-c2ccc(C(=O)O)cc2)c2ccc(N(C)C)cc12. The molecule has 0 radical (unpaired) electrons. The summed E-state index contributed by atoms with van der Waals surface area (Å²) in [4.78, 5) is 29.1. The van der Waals surface area contributed by atoms with E-state index < -0.39 is 5.97 Å². The molecule has 0 aliphatic heterocycles. The molecule has 0 unspecified atom stereocenters. The summed E-state index contributed by atoms with van der Waals surface area (Å²) in [5.74, 6) is -0.769. The molecule has 0 atom stereocenters. The maximum absolute atomic E-state index is 11.5. The van der Waals surface area contributed by atoms with Crippen molar-refractivity contribution in [2.24, 2.45) is 0 Å². The monoisotopic (exact) mass is 379 g/mol. The first-order valence-electron chi connectivity index (χ1n) is 8.65. The molecule has 0 aliphatic rings. The van der Waals surface area contributed by atoms with Crippen LogP contribution in [0, 0.1) is 0 Å². The number of fused-ring (bicyclic) bond motifs is 1. The van der Waals surface area contributed by atoms with Crippen LogP contribution in [0.25, 0.3) is 21.9 Å². The Morgan fingerprint density at radius 3 is 2.43 bits per heavy atom. The lowest BCUT2D eigenvalue weighted by atomic mass is 9.99. The number of nitrogens with zero attached hydrogens (tertiary/aromatic N) is 2. The Morgan fingerprint density at radius 1 is 1.11 bits per heavy atom. The number of carboxylic acids is 1. The molecular weight excluding hydrogens is 358 g/mol. The Bertz CT molecular complexity index is 1030. The maximum atomic E-state index is 11.5. The summed E-state index contributed by atoms with van der Waals surface area (Å²) in [5, 5.41) is 13.9. The largest absolute Gasteiger partial charge is 0.478 e. The minimum Gasteiger partial charge on any atom is -0.478 e. The van der Waals surface area contributed by atoms with E-state index in [1.807, 2.05) is 37.2 Å². The van der Waals surface area contributed by atoms with Gasteiger partial charge in [-0.15, -0.1) is 0 Å². The molecule has 2 aromatic carbocycles. The lowest BCUT2D eigenvalue weighted by molar-refractivity contribution is -0.138.